The Kier molecular flexibility index (Phi) is 4.65. The van der Waals surface area contributed by atoms with Crippen molar-refractivity contribution in [3.63, 3.8) is 0 Å². The minimum absolute atomic E-state index is 0.0817. The van der Waals surface area contributed by atoms with Gasteiger partial charge in [0.2, 0.25) is 0 Å². The lowest BCUT2D eigenvalue weighted by Gasteiger charge is -2.03. The molecule has 7 heteroatoms. The van der Waals surface area contributed by atoms with Gasteiger partial charge in [0, 0.05) is 15.6 Å². The summed E-state index contributed by atoms with van der Waals surface area (Å²) < 4.78 is 23.8. The number of nitrogens with zero attached hydrogens (tertiary/aromatic N) is 1. The molecule has 0 bridgehead atoms. The zero-order valence-electron chi connectivity index (χ0n) is 10.1. The summed E-state index contributed by atoms with van der Waals surface area (Å²) in [6.45, 7) is 0. The fourth-order valence-electron chi connectivity index (χ4n) is 1.41. The zero-order chi connectivity index (χ0) is 14.6. The molecule has 0 unspecified atom stereocenters. The average Bonchev–Trinajstić information content (AvgIpc) is 2.41. The molecule has 0 spiro atoms. The summed E-state index contributed by atoms with van der Waals surface area (Å²) in [5.41, 5.74) is 0.618. The number of benzene rings is 2. The molecule has 4 nitrogen and oxygen atoms in total. The van der Waals surface area contributed by atoms with E-state index in [2.05, 4.69) is 9.93 Å². The fourth-order valence-corrected chi connectivity index (χ4v) is 2.51. The highest BCUT2D eigenvalue weighted by molar-refractivity contribution is 7.89. The molecule has 2 aromatic carbocycles. The predicted molar refractivity (Wildman–Crippen MR) is 80.8 cm³/mol. The minimum Gasteiger partial charge on any atom is -0.200 e. The number of halogens is 2. The van der Waals surface area contributed by atoms with Crippen LogP contribution in [-0.4, -0.2) is 14.6 Å². The molecule has 2 aromatic rings. The van der Waals surface area contributed by atoms with Crippen molar-refractivity contribution in [2.24, 2.45) is 5.10 Å². The third-order valence-corrected chi connectivity index (χ3v) is 4.24. The van der Waals surface area contributed by atoms with Crippen LogP contribution in [-0.2, 0) is 10.0 Å². The molecule has 0 saturated carbocycles. The fraction of sp³-hybridized carbons (Fsp3) is 0. The smallest absolute Gasteiger partial charge is 0.200 e. The van der Waals surface area contributed by atoms with Crippen LogP contribution in [0.15, 0.2) is 58.5 Å². The number of hydrazone groups is 1. The molecule has 0 aromatic heterocycles. The third-order valence-electron chi connectivity index (χ3n) is 2.41. The molecule has 104 valence electrons. The largest absolute Gasteiger partial charge is 0.276 e. The van der Waals surface area contributed by atoms with Gasteiger partial charge >= 0.3 is 0 Å². The Bertz CT molecular complexity index is 728. The summed E-state index contributed by atoms with van der Waals surface area (Å²) in [5.74, 6) is 0. The van der Waals surface area contributed by atoms with Gasteiger partial charge in [-0.15, -0.1) is 0 Å². The molecule has 0 aliphatic heterocycles. The number of hydrogen-bond donors (Lipinski definition) is 1. The number of hydrogen-bond acceptors (Lipinski definition) is 3. The summed E-state index contributed by atoms with van der Waals surface area (Å²) >= 11 is 11.6. The first-order chi connectivity index (χ1) is 9.49. The van der Waals surface area contributed by atoms with E-state index in [1.54, 1.807) is 24.3 Å². The van der Waals surface area contributed by atoms with Crippen LogP contribution in [0.3, 0.4) is 0 Å². The van der Waals surface area contributed by atoms with Crippen LogP contribution in [0.4, 0.5) is 0 Å². The van der Waals surface area contributed by atoms with E-state index in [1.165, 1.54) is 30.5 Å². The zero-order valence-corrected chi connectivity index (χ0v) is 12.5. The Labute approximate surface area is 127 Å². The molecule has 0 radical (unpaired) electrons. The molecule has 1 N–H and O–H groups in total. The van der Waals surface area contributed by atoms with Crippen molar-refractivity contribution in [2.45, 2.75) is 4.90 Å². The molecule has 0 aliphatic rings. The van der Waals surface area contributed by atoms with E-state index in [0.717, 1.165) is 0 Å². The Morgan fingerprint density at radius 3 is 2.30 bits per heavy atom. The molecule has 0 atom stereocenters. The lowest BCUT2D eigenvalue weighted by Crippen LogP contribution is -2.18. The summed E-state index contributed by atoms with van der Waals surface area (Å²) in [5, 5.41) is 4.64. The number of sulfonamides is 1. The molecular formula is C13H10Cl2N2O2S. The van der Waals surface area contributed by atoms with Gasteiger partial charge in [-0.2, -0.15) is 13.5 Å². The third kappa shape index (κ3) is 3.72. The van der Waals surface area contributed by atoms with Crippen molar-refractivity contribution in [2.75, 3.05) is 0 Å². The molecule has 20 heavy (non-hydrogen) atoms. The van der Waals surface area contributed by atoms with E-state index in [9.17, 15) is 8.42 Å². The number of nitrogens with one attached hydrogen (secondary N) is 1. The maximum Gasteiger partial charge on any atom is 0.276 e. The monoisotopic (exact) mass is 328 g/mol. The van der Waals surface area contributed by atoms with E-state index in [4.69, 9.17) is 23.2 Å². The maximum absolute atomic E-state index is 11.9. The van der Waals surface area contributed by atoms with Crippen LogP contribution in [0.2, 0.25) is 10.0 Å². The Hall–Kier alpha value is -1.56. The van der Waals surface area contributed by atoms with Gasteiger partial charge in [0.1, 0.15) is 0 Å². The van der Waals surface area contributed by atoms with Gasteiger partial charge in [0.05, 0.1) is 11.1 Å². The second-order valence-corrected chi connectivity index (χ2v) is 6.33. The van der Waals surface area contributed by atoms with Crippen LogP contribution in [0.1, 0.15) is 5.56 Å². The molecular weight excluding hydrogens is 319 g/mol. The Morgan fingerprint density at radius 2 is 1.65 bits per heavy atom. The summed E-state index contributed by atoms with van der Waals surface area (Å²) in [6.07, 6.45) is 1.34. The molecule has 0 heterocycles. The standard InChI is InChI=1S/C13H10Cl2N2O2S/c14-11-5-7-12(8-6-11)20(18,19)17-16-9-10-3-1-2-4-13(10)15/h1-9,17H/b16-9+. The average molecular weight is 329 g/mol. The van der Waals surface area contributed by atoms with Crippen LogP contribution < -0.4 is 4.83 Å². The molecule has 0 aliphatic carbocycles. The van der Waals surface area contributed by atoms with Gasteiger partial charge in [0.15, 0.2) is 0 Å². The summed E-state index contributed by atoms with van der Waals surface area (Å²) in [6, 6.07) is 12.8. The quantitative estimate of drug-likeness (QED) is 0.691. The molecule has 0 saturated heterocycles. The first kappa shape index (κ1) is 14.8. The first-order valence-corrected chi connectivity index (χ1v) is 7.78. The van der Waals surface area contributed by atoms with E-state index >= 15 is 0 Å². The molecule has 2 rings (SSSR count). The highest BCUT2D eigenvalue weighted by atomic mass is 35.5. The first-order valence-electron chi connectivity index (χ1n) is 5.54. The van der Waals surface area contributed by atoms with E-state index < -0.39 is 10.0 Å². The lowest BCUT2D eigenvalue weighted by atomic mass is 10.2. The Balaban J connectivity index is 2.14. The van der Waals surface area contributed by atoms with Crippen molar-refractivity contribution in [3.8, 4) is 0 Å². The highest BCUT2D eigenvalue weighted by Crippen LogP contribution is 2.14. The normalized spacial score (nSPS) is 11.7. The van der Waals surface area contributed by atoms with E-state index in [-0.39, 0.29) is 4.90 Å². The van der Waals surface area contributed by atoms with Crippen molar-refractivity contribution in [3.05, 3.63) is 64.1 Å². The second-order valence-electron chi connectivity index (χ2n) is 3.83. The van der Waals surface area contributed by atoms with Crippen LogP contribution in [0.5, 0.6) is 0 Å². The SMILES string of the molecule is O=S(=O)(N/N=C/c1ccccc1Cl)c1ccc(Cl)cc1. The summed E-state index contributed by atoms with van der Waals surface area (Å²) in [7, 11) is -3.71. The van der Waals surface area contributed by atoms with Crippen LogP contribution in [0, 0.1) is 0 Å². The van der Waals surface area contributed by atoms with Crippen molar-refractivity contribution in [1.82, 2.24) is 4.83 Å². The van der Waals surface area contributed by atoms with E-state index in [1.807, 2.05) is 0 Å². The molecule has 0 fully saturated rings. The van der Waals surface area contributed by atoms with Gasteiger partial charge in [-0.05, 0) is 30.3 Å². The Morgan fingerprint density at radius 1 is 1.00 bits per heavy atom. The molecule has 0 amide bonds. The van der Waals surface area contributed by atoms with Crippen LogP contribution in [0.25, 0.3) is 0 Å². The van der Waals surface area contributed by atoms with Crippen LogP contribution >= 0.6 is 23.2 Å². The van der Waals surface area contributed by atoms with Gasteiger partial charge in [-0.3, -0.25) is 0 Å². The van der Waals surface area contributed by atoms with Gasteiger partial charge in [-0.25, -0.2) is 4.83 Å². The summed E-state index contributed by atoms with van der Waals surface area (Å²) in [4.78, 5) is 2.19. The van der Waals surface area contributed by atoms with Gasteiger partial charge in [-0.1, -0.05) is 41.4 Å². The minimum atomic E-state index is -3.71. The van der Waals surface area contributed by atoms with Crippen molar-refractivity contribution >= 4 is 39.4 Å². The topological polar surface area (TPSA) is 58.5 Å². The van der Waals surface area contributed by atoms with Gasteiger partial charge in [0.25, 0.3) is 10.0 Å². The van der Waals surface area contributed by atoms with Gasteiger partial charge < -0.3 is 0 Å². The van der Waals surface area contributed by atoms with E-state index in [0.29, 0.717) is 15.6 Å². The maximum atomic E-state index is 11.9. The van der Waals surface area contributed by atoms with Crippen molar-refractivity contribution in [1.29, 1.82) is 0 Å². The van der Waals surface area contributed by atoms with Crippen molar-refractivity contribution < 1.29 is 8.42 Å². The number of rotatable bonds is 4. The second kappa shape index (κ2) is 6.26. The highest BCUT2D eigenvalue weighted by Gasteiger charge is 2.11. The lowest BCUT2D eigenvalue weighted by molar-refractivity contribution is 0.584. The predicted octanol–water partition coefficient (Wildman–Crippen LogP) is 3.31.